The van der Waals surface area contributed by atoms with Crippen LogP contribution in [0.2, 0.25) is 0 Å². The van der Waals surface area contributed by atoms with E-state index in [-0.39, 0.29) is 12.4 Å². The lowest BCUT2D eigenvalue weighted by molar-refractivity contribution is 0.263. The van der Waals surface area contributed by atoms with E-state index in [1.807, 2.05) is 6.92 Å². The summed E-state index contributed by atoms with van der Waals surface area (Å²) in [6.07, 6.45) is 0. The van der Waals surface area contributed by atoms with Crippen molar-refractivity contribution in [2.75, 3.05) is 6.61 Å². The average Bonchev–Trinajstić information content (AvgIpc) is 2.40. The van der Waals surface area contributed by atoms with E-state index in [0.717, 1.165) is 11.3 Å². The van der Waals surface area contributed by atoms with E-state index in [9.17, 15) is 4.39 Å². The van der Waals surface area contributed by atoms with Gasteiger partial charge in [0.25, 0.3) is 0 Å². The number of nitrogens with two attached hydrogens (primary N) is 1. The number of aromatic nitrogens is 2. The zero-order valence-corrected chi connectivity index (χ0v) is 10.9. The Balaban J connectivity index is 2.49. The summed E-state index contributed by atoms with van der Waals surface area (Å²) in [5.74, 6) is 0.140. The molecule has 4 nitrogen and oxygen atoms in total. The highest BCUT2D eigenvalue weighted by atomic mass is 19.1. The summed E-state index contributed by atoms with van der Waals surface area (Å²) in [6.45, 7) is 3.31. The van der Waals surface area contributed by atoms with Crippen LogP contribution in [0.1, 0.15) is 23.1 Å². The Morgan fingerprint density at radius 1 is 1.26 bits per heavy atom. The van der Waals surface area contributed by atoms with Gasteiger partial charge in [0.1, 0.15) is 11.6 Å². The molecule has 0 aliphatic heterocycles. The van der Waals surface area contributed by atoms with Gasteiger partial charge in [0, 0.05) is 11.3 Å². The highest BCUT2D eigenvalue weighted by molar-refractivity contribution is 5.60. The van der Waals surface area contributed by atoms with Crippen LogP contribution in [0.3, 0.4) is 0 Å². The second kappa shape index (κ2) is 5.42. The lowest BCUT2D eigenvalue weighted by atomic mass is 10.1. The van der Waals surface area contributed by atoms with Gasteiger partial charge in [0.15, 0.2) is 0 Å². The Hall–Kier alpha value is -1.85. The van der Waals surface area contributed by atoms with E-state index in [0.29, 0.717) is 17.1 Å². The average molecular weight is 261 g/mol. The van der Waals surface area contributed by atoms with Crippen LogP contribution in [0.25, 0.3) is 11.3 Å². The molecule has 2 rings (SSSR count). The molecule has 0 saturated carbocycles. The maximum Gasteiger partial charge on any atom is 0.148 e. The van der Waals surface area contributed by atoms with Gasteiger partial charge in [-0.2, -0.15) is 0 Å². The van der Waals surface area contributed by atoms with Crippen molar-refractivity contribution in [2.45, 2.75) is 19.9 Å². The molecule has 0 bridgehead atoms. The van der Waals surface area contributed by atoms with Gasteiger partial charge in [-0.05, 0) is 43.7 Å². The van der Waals surface area contributed by atoms with Crippen LogP contribution in [-0.4, -0.2) is 21.7 Å². The third kappa shape index (κ3) is 2.94. The van der Waals surface area contributed by atoms with Gasteiger partial charge >= 0.3 is 0 Å². The molecule has 19 heavy (non-hydrogen) atoms. The fourth-order valence-electron chi connectivity index (χ4n) is 1.79. The van der Waals surface area contributed by atoms with Crippen LogP contribution >= 0.6 is 0 Å². The first-order valence-electron chi connectivity index (χ1n) is 6.00. The van der Waals surface area contributed by atoms with Crippen LogP contribution in [0.5, 0.6) is 0 Å². The summed E-state index contributed by atoms with van der Waals surface area (Å²) in [4.78, 5) is 8.53. The minimum atomic E-state index is -0.611. The van der Waals surface area contributed by atoms with Crippen molar-refractivity contribution < 1.29 is 9.50 Å². The number of aliphatic hydroxyl groups is 1. The van der Waals surface area contributed by atoms with Gasteiger partial charge in [-0.1, -0.05) is 0 Å². The second-order valence-corrected chi connectivity index (χ2v) is 4.51. The minimum Gasteiger partial charge on any atom is -0.394 e. The molecule has 0 fully saturated rings. The molecule has 1 atom stereocenters. The van der Waals surface area contributed by atoms with Crippen LogP contribution in [0.15, 0.2) is 24.3 Å². The molecule has 0 radical (unpaired) electrons. The fraction of sp³-hybridized carbons (Fsp3) is 0.286. The van der Waals surface area contributed by atoms with Gasteiger partial charge in [-0.15, -0.1) is 0 Å². The van der Waals surface area contributed by atoms with Crippen LogP contribution < -0.4 is 5.73 Å². The molecule has 0 spiro atoms. The van der Waals surface area contributed by atoms with Gasteiger partial charge < -0.3 is 10.8 Å². The first-order valence-corrected chi connectivity index (χ1v) is 6.00. The Kier molecular flexibility index (Phi) is 3.87. The van der Waals surface area contributed by atoms with Crippen molar-refractivity contribution in [3.05, 3.63) is 47.2 Å². The summed E-state index contributed by atoms with van der Waals surface area (Å²) < 4.78 is 13.3. The Bertz CT molecular complexity index is 601. The zero-order valence-electron chi connectivity index (χ0n) is 10.9. The number of nitrogens with zero attached hydrogens (tertiary/aromatic N) is 2. The van der Waals surface area contributed by atoms with E-state index >= 15 is 0 Å². The number of halogens is 1. The van der Waals surface area contributed by atoms with Crippen molar-refractivity contribution in [1.82, 2.24) is 9.97 Å². The molecule has 1 unspecified atom stereocenters. The highest BCUT2D eigenvalue weighted by Crippen LogP contribution is 2.21. The molecule has 100 valence electrons. The van der Waals surface area contributed by atoms with Gasteiger partial charge in [-0.3, -0.25) is 0 Å². The van der Waals surface area contributed by atoms with Gasteiger partial charge in [0.05, 0.1) is 18.3 Å². The Morgan fingerprint density at radius 3 is 2.63 bits per heavy atom. The zero-order chi connectivity index (χ0) is 14.0. The number of aliphatic hydroxyl groups excluding tert-OH is 1. The molecule has 1 aromatic carbocycles. The number of rotatable bonds is 3. The summed E-state index contributed by atoms with van der Waals surface area (Å²) in [5.41, 5.74) is 8.52. The molecule has 1 heterocycles. The van der Waals surface area contributed by atoms with Crippen molar-refractivity contribution >= 4 is 0 Å². The van der Waals surface area contributed by atoms with E-state index in [1.165, 1.54) is 6.07 Å². The summed E-state index contributed by atoms with van der Waals surface area (Å²) in [5, 5.41) is 9.07. The van der Waals surface area contributed by atoms with E-state index in [1.54, 1.807) is 25.1 Å². The molecular weight excluding hydrogens is 245 g/mol. The number of aryl methyl sites for hydroxylation is 2. The minimum absolute atomic E-state index is 0.217. The molecule has 3 N–H and O–H groups in total. The summed E-state index contributed by atoms with van der Waals surface area (Å²) in [6, 6.07) is 6.00. The van der Waals surface area contributed by atoms with Crippen LogP contribution in [-0.2, 0) is 0 Å². The van der Waals surface area contributed by atoms with Crippen molar-refractivity contribution in [3.63, 3.8) is 0 Å². The third-order valence-corrected chi connectivity index (χ3v) is 2.85. The third-order valence-electron chi connectivity index (χ3n) is 2.85. The van der Waals surface area contributed by atoms with Crippen molar-refractivity contribution in [3.8, 4) is 11.3 Å². The molecule has 0 amide bonds. The van der Waals surface area contributed by atoms with E-state index in [2.05, 4.69) is 9.97 Å². The fourth-order valence-corrected chi connectivity index (χ4v) is 1.79. The normalized spacial score (nSPS) is 12.5. The number of hydrogen-bond acceptors (Lipinski definition) is 4. The van der Waals surface area contributed by atoms with Gasteiger partial charge in [0.2, 0.25) is 0 Å². The van der Waals surface area contributed by atoms with Crippen molar-refractivity contribution in [2.24, 2.45) is 5.73 Å². The van der Waals surface area contributed by atoms with Crippen LogP contribution in [0, 0.1) is 19.7 Å². The molecule has 0 aliphatic rings. The maximum absolute atomic E-state index is 13.3. The monoisotopic (exact) mass is 261 g/mol. The predicted molar refractivity (Wildman–Crippen MR) is 70.9 cm³/mol. The lowest BCUT2D eigenvalue weighted by Gasteiger charge is -2.10. The predicted octanol–water partition coefficient (Wildman–Crippen LogP) is 1.89. The Morgan fingerprint density at radius 2 is 2.00 bits per heavy atom. The lowest BCUT2D eigenvalue weighted by Crippen LogP contribution is -2.18. The Labute approximate surface area is 111 Å². The topological polar surface area (TPSA) is 72.0 Å². The quantitative estimate of drug-likeness (QED) is 0.885. The SMILES string of the molecule is Cc1cc(-c2ccc(F)c(C)c2)nc(C(N)CO)n1. The second-order valence-electron chi connectivity index (χ2n) is 4.51. The first kappa shape index (κ1) is 13.6. The maximum atomic E-state index is 13.3. The highest BCUT2D eigenvalue weighted by Gasteiger charge is 2.11. The molecular formula is C14H16FN3O. The van der Waals surface area contributed by atoms with Gasteiger partial charge in [-0.25, -0.2) is 14.4 Å². The number of benzene rings is 1. The summed E-state index contributed by atoms with van der Waals surface area (Å²) >= 11 is 0. The van der Waals surface area contributed by atoms with E-state index < -0.39 is 6.04 Å². The molecule has 0 aliphatic carbocycles. The van der Waals surface area contributed by atoms with Crippen molar-refractivity contribution in [1.29, 1.82) is 0 Å². The molecule has 5 heteroatoms. The molecule has 0 saturated heterocycles. The largest absolute Gasteiger partial charge is 0.394 e. The first-order chi connectivity index (χ1) is 9.01. The number of hydrogen-bond donors (Lipinski definition) is 2. The van der Waals surface area contributed by atoms with Crippen LogP contribution in [0.4, 0.5) is 4.39 Å². The molecule has 1 aromatic heterocycles. The standard InChI is InChI=1S/C14H16FN3O/c1-8-5-10(3-4-11(8)15)13-6-9(2)17-14(18-13)12(16)7-19/h3-6,12,19H,7,16H2,1-2H3. The molecule has 2 aromatic rings. The smallest absolute Gasteiger partial charge is 0.148 e. The van der Waals surface area contributed by atoms with E-state index in [4.69, 9.17) is 10.8 Å². The summed E-state index contributed by atoms with van der Waals surface area (Å²) in [7, 11) is 0.